The number of carbonyl (C=O) groups is 2. The van der Waals surface area contributed by atoms with E-state index in [1.54, 1.807) is 18.5 Å². The Morgan fingerprint density at radius 2 is 2.09 bits per heavy atom. The van der Waals surface area contributed by atoms with Gasteiger partial charge in [-0.1, -0.05) is 49.0 Å². The van der Waals surface area contributed by atoms with Crippen molar-refractivity contribution in [3.63, 3.8) is 0 Å². The molecule has 0 bridgehead atoms. The largest absolute Gasteiger partial charge is 0.365 e. The molecule has 3 N–H and O–H groups in total. The van der Waals surface area contributed by atoms with Crippen LogP contribution in [0.4, 0.5) is 14.5 Å². The molecule has 1 unspecified atom stereocenters. The number of nitrogens with one attached hydrogen (secondary N) is 1. The quantitative estimate of drug-likeness (QED) is 0.376. The monoisotopic (exact) mass is 588 g/mol. The first kappa shape index (κ1) is 24.3. The molecule has 1 aliphatic heterocycles. The highest BCUT2D eigenvalue weighted by molar-refractivity contribution is 14.2. The normalized spacial score (nSPS) is 14.9. The molecule has 32 heavy (non-hydrogen) atoms. The van der Waals surface area contributed by atoms with Crippen molar-refractivity contribution in [2.24, 2.45) is 5.73 Å². The predicted octanol–water partition coefficient (Wildman–Crippen LogP) is 5.66. The molecule has 3 aromatic rings. The fraction of sp³-hybridized carbons (Fsp3) is 0.190. The lowest BCUT2D eigenvalue weighted by atomic mass is 9.95. The summed E-state index contributed by atoms with van der Waals surface area (Å²) in [5.74, 6) is -0.722. The summed E-state index contributed by atoms with van der Waals surface area (Å²) in [7, 11) is 0. The molecule has 0 aliphatic carbocycles. The second-order valence-corrected chi connectivity index (χ2v) is 10.9. The number of primary amides is 1. The molecular formula is C21H19F2IN4O2S2. The summed E-state index contributed by atoms with van der Waals surface area (Å²) in [4.78, 5) is 30.7. The summed E-state index contributed by atoms with van der Waals surface area (Å²) in [6.45, 7) is 1.62. The molecule has 11 heteroatoms. The van der Waals surface area contributed by atoms with Crippen LogP contribution in [0.5, 0.6) is 0 Å². The number of hydrogen-bond acceptors (Lipinski definition) is 6. The van der Waals surface area contributed by atoms with Gasteiger partial charge in [0.1, 0.15) is 15.4 Å². The molecule has 2 amide bonds. The average Bonchev–Trinajstić information content (AvgIpc) is 3.45. The molecule has 2 aromatic heterocycles. The Balaban J connectivity index is 0.000000305. The molecule has 0 saturated carbocycles. The number of halogens is 3. The van der Waals surface area contributed by atoms with E-state index < -0.39 is 23.9 Å². The van der Waals surface area contributed by atoms with Crippen LogP contribution in [0.2, 0.25) is 0 Å². The zero-order valence-electron chi connectivity index (χ0n) is 16.8. The summed E-state index contributed by atoms with van der Waals surface area (Å²) >= 11 is 2.28. The van der Waals surface area contributed by atoms with Crippen LogP contribution in [0.15, 0.2) is 46.1 Å². The molecule has 0 spiro atoms. The third-order valence-corrected chi connectivity index (χ3v) is 7.89. The highest BCUT2D eigenvalue weighted by Gasteiger charge is 2.24. The summed E-state index contributed by atoms with van der Waals surface area (Å²) < 4.78 is 30.6. The number of benzene rings is 1. The molecule has 0 radical (unpaired) electrons. The van der Waals surface area contributed by atoms with Crippen LogP contribution in [0, 0.1) is 6.92 Å². The first-order valence-corrected chi connectivity index (χ1v) is 13.5. The lowest BCUT2D eigenvalue weighted by molar-refractivity contribution is 0.0999. The van der Waals surface area contributed by atoms with Crippen LogP contribution in [0.1, 0.15) is 54.4 Å². The van der Waals surface area contributed by atoms with E-state index in [0.29, 0.717) is 15.6 Å². The summed E-state index contributed by atoms with van der Waals surface area (Å²) in [5.41, 5.74) is 7.68. The number of carbonyl (C=O) groups excluding carboxylic acids is 2. The van der Waals surface area contributed by atoms with E-state index in [1.165, 1.54) is 17.5 Å². The number of nitrogens with zero attached hydrogens (tertiary/aromatic N) is 2. The van der Waals surface area contributed by atoms with Crippen molar-refractivity contribution in [2.75, 3.05) is 5.32 Å². The van der Waals surface area contributed by atoms with Gasteiger partial charge in [-0.15, -0.1) is 22.7 Å². The maximum Gasteiger partial charge on any atom is 0.282 e. The third-order valence-electron chi connectivity index (χ3n) is 4.27. The molecule has 0 fully saturated rings. The summed E-state index contributed by atoms with van der Waals surface area (Å²) in [6.07, 6.45) is 1.80. The Kier molecular flexibility index (Phi) is 8.70. The minimum Gasteiger partial charge on any atom is -0.365 e. The van der Waals surface area contributed by atoms with Crippen molar-refractivity contribution in [1.82, 2.24) is 9.97 Å². The first-order valence-electron chi connectivity index (χ1n) is 9.31. The molecule has 3 heterocycles. The van der Waals surface area contributed by atoms with Crippen LogP contribution in [0.3, 0.4) is 0 Å². The predicted molar refractivity (Wildman–Crippen MR) is 133 cm³/mol. The standard InChI is InChI=1S/C17H15F2IN2OS.C4H4N2OS/c1-10-21-14(16(18)19)15(24-10)17(23)22-13-5-3-2-4-12(13)11-6-8-20-9-7-11;5-4(7)3-1-6-2-8-3/h2-6,8-9,11,16H,7H2,1H3,(H,22,23);1-2H,(H2,5,7). The number of aryl methyl sites for hydroxylation is 1. The number of thiazole rings is 2. The number of para-hydroxylation sites is 1. The third kappa shape index (κ3) is 6.33. The number of aromatic nitrogens is 2. The van der Waals surface area contributed by atoms with Crippen LogP contribution < -0.4 is 11.1 Å². The van der Waals surface area contributed by atoms with E-state index in [0.717, 1.165) is 23.3 Å². The van der Waals surface area contributed by atoms with Gasteiger partial charge in [0.15, 0.2) is 0 Å². The maximum atomic E-state index is 13.1. The fourth-order valence-corrected chi connectivity index (χ4v) is 6.01. The van der Waals surface area contributed by atoms with Crippen LogP contribution in [-0.2, 0) is 0 Å². The van der Waals surface area contributed by atoms with Crippen LogP contribution in [0.25, 0.3) is 0 Å². The van der Waals surface area contributed by atoms with Gasteiger partial charge >= 0.3 is 0 Å². The van der Waals surface area contributed by atoms with Crippen molar-refractivity contribution in [3.05, 3.63) is 72.2 Å². The van der Waals surface area contributed by atoms with Crippen molar-refractivity contribution in [1.29, 1.82) is 0 Å². The van der Waals surface area contributed by atoms with Crippen molar-refractivity contribution < 1.29 is 18.4 Å². The van der Waals surface area contributed by atoms with Gasteiger partial charge in [0.05, 0.1) is 16.7 Å². The van der Waals surface area contributed by atoms with Crippen molar-refractivity contribution in [2.45, 2.75) is 25.7 Å². The second kappa shape index (κ2) is 11.5. The van der Waals surface area contributed by atoms with Gasteiger partial charge in [-0.3, -0.25) is 14.6 Å². The van der Waals surface area contributed by atoms with Gasteiger partial charge in [-0.05, 0) is 29.1 Å². The van der Waals surface area contributed by atoms with E-state index in [2.05, 4.69) is 29.5 Å². The zero-order chi connectivity index (χ0) is 23.1. The van der Waals surface area contributed by atoms with Gasteiger partial charge in [0.2, 0.25) is 0 Å². The number of alkyl halides is 2. The minimum absolute atomic E-state index is 0.0195. The summed E-state index contributed by atoms with van der Waals surface area (Å²) in [5, 5.41) is 3.25. The maximum absolute atomic E-state index is 13.1. The molecule has 168 valence electrons. The number of hydrogen-bond donors (Lipinski definition) is 2. The number of rotatable bonds is 5. The molecular weight excluding hydrogens is 569 g/mol. The van der Waals surface area contributed by atoms with Gasteiger partial charge in [-0.25, -0.2) is 13.8 Å². The molecule has 0 saturated heterocycles. The minimum atomic E-state index is -2.76. The Labute approximate surface area is 201 Å². The Bertz CT molecular complexity index is 1150. The van der Waals surface area contributed by atoms with Crippen molar-refractivity contribution >= 4 is 64.9 Å². The smallest absolute Gasteiger partial charge is 0.282 e. The molecule has 4 rings (SSSR count). The van der Waals surface area contributed by atoms with E-state index in [-0.39, 0.29) is 31.5 Å². The Morgan fingerprint density at radius 1 is 1.31 bits per heavy atom. The Hall–Kier alpha value is -2.38. The average molecular weight is 588 g/mol. The lowest BCUT2D eigenvalue weighted by Crippen LogP contribution is -2.15. The van der Waals surface area contributed by atoms with Crippen LogP contribution in [-0.4, -0.2) is 25.8 Å². The number of nitrogens with two attached hydrogens (primary N) is 1. The summed E-state index contributed by atoms with van der Waals surface area (Å²) in [6, 6.07) is 7.52. The number of anilines is 1. The van der Waals surface area contributed by atoms with Crippen molar-refractivity contribution in [3.8, 4) is 0 Å². The van der Waals surface area contributed by atoms with Crippen LogP contribution >= 0.6 is 43.4 Å². The van der Waals surface area contributed by atoms with E-state index in [9.17, 15) is 18.4 Å². The zero-order valence-corrected chi connectivity index (χ0v) is 20.6. The lowest BCUT2D eigenvalue weighted by Gasteiger charge is -2.18. The van der Waals surface area contributed by atoms with Gasteiger partial charge < -0.3 is 11.1 Å². The first-order chi connectivity index (χ1) is 15.4. The number of allylic oxidation sites excluding steroid dienone is 1. The molecule has 1 aromatic carbocycles. The van der Waals surface area contributed by atoms with Gasteiger partial charge in [-0.2, -0.15) is 0 Å². The van der Waals surface area contributed by atoms with Gasteiger partial charge in [0.25, 0.3) is 18.2 Å². The van der Waals surface area contributed by atoms with E-state index in [4.69, 9.17) is 5.73 Å². The van der Waals surface area contributed by atoms with E-state index in [1.807, 2.05) is 18.2 Å². The highest BCUT2D eigenvalue weighted by atomic mass is 127. The second-order valence-electron chi connectivity index (χ2n) is 6.46. The molecule has 1 aliphatic rings. The number of amides is 2. The van der Waals surface area contributed by atoms with E-state index >= 15 is 0 Å². The topological polar surface area (TPSA) is 98.0 Å². The SMILES string of the molecule is Cc1nc(C(F)F)c(C(=O)Nc2ccccc2C2C=CI=CC2)s1.NC(=O)c1cncs1. The fourth-order valence-electron chi connectivity index (χ4n) is 2.84. The highest BCUT2D eigenvalue weighted by Crippen LogP contribution is 2.33. The Morgan fingerprint density at radius 3 is 2.69 bits per heavy atom. The molecule has 1 atom stereocenters. The van der Waals surface area contributed by atoms with Gasteiger partial charge in [0, 0.05) is 11.6 Å². The molecule has 6 nitrogen and oxygen atoms in total.